The van der Waals surface area contributed by atoms with Crippen LogP contribution in [0.25, 0.3) is 0 Å². The first-order valence-electron chi connectivity index (χ1n) is 6.12. The van der Waals surface area contributed by atoms with Crippen LogP contribution in [-0.2, 0) is 4.79 Å². The molecule has 2 N–H and O–H groups in total. The second-order valence-electron chi connectivity index (χ2n) is 4.43. The van der Waals surface area contributed by atoms with E-state index in [1.54, 1.807) is 6.07 Å². The molecule has 0 unspecified atom stereocenters. The Hall–Kier alpha value is -1.74. The number of carbonyl (C=O) groups is 2. The summed E-state index contributed by atoms with van der Waals surface area (Å²) in [6.45, 7) is 3.81. The zero-order valence-corrected chi connectivity index (χ0v) is 13.7. The Morgan fingerprint density at radius 2 is 2.14 bits per heavy atom. The predicted octanol–water partition coefficient (Wildman–Crippen LogP) is 2.39. The van der Waals surface area contributed by atoms with Crippen molar-refractivity contribution in [2.24, 2.45) is 0 Å². The molecule has 7 nitrogen and oxygen atoms in total. The van der Waals surface area contributed by atoms with E-state index in [4.69, 9.17) is 4.42 Å². The number of carbonyl (C=O) groups excluding carboxylic acids is 2. The maximum Gasteiger partial charge on any atom is 0.287 e. The average molecular weight is 373 g/mol. The first kappa shape index (κ1) is 15.6. The highest BCUT2D eigenvalue weighted by Gasteiger charge is 2.13. The summed E-state index contributed by atoms with van der Waals surface area (Å²) in [5.74, 6) is -0.450. The number of hydrogen-bond donors (Lipinski definition) is 2. The molecule has 0 fully saturated rings. The maximum absolute atomic E-state index is 11.7. The SMILES string of the molecule is CC(C)c1nnc(NC(=O)CNC(=O)c2ccc(Br)o2)s1. The van der Waals surface area contributed by atoms with E-state index < -0.39 is 5.91 Å². The third-order valence-electron chi connectivity index (χ3n) is 2.39. The summed E-state index contributed by atoms with van der Waals surface area (Å²) < 4.78 is 5.53. The van der Waals surface area contributed by atoms with Gasteiger partial charge in [0.05, 0.1) is 6.54 Å². The molecule has 0 bridgehead atoms. The molecule has 2 heterocycles. The Balaban J connectivity index is 1.83. The molecule has 0 aliphatic rings. The third kappa shape index (κ3) is 4.36. The fourth-order valence-electron chi connectivity index (χ4n) is 1.37. The fraction of sp³-hybridized carbons (Fsp3) is 0.333. The van der Waals surface area contributed by atoms with Gasteiger partial charge < -0.3 is 9.73 Å². The smallest absolute Gasteiger partial charge is 0.287 e. The lowest BCUT2D eigenvalue weighted by molar-refractivity contribution is -0.115. The Labute approximate surface area is 133 Å². The Kier molecular flexibility index (Phi) is 5.07. The van der Waals surface area contributed by atoms with Crippen LogP contribution in [0.4, 0.5) is 5.13 Å². The van der Waals surface area contributed by atoms with Crippen LogP contribution in [0.1, 0.15) is 35.3 Å². The molecule has 0 spiro atoms. The maximum atomic E-state index is 11.7. The minimum Gasteiger partial charge on any atom is -0.444 e. The monoisotopic (exact) mass is 372 g/mol. The van der Waals surface area contributed by atoms with E-state index in [-0.39, 0.29) is 24.1 Å². The number of anilines is 1. The number of halogens is 1. The summed E-state index contributed by atoms with van der Waals surface area (Å²) in [7, 11) is 0. The summed E-state index contributed by atoms with van der Waals surface area (Å²) in [4.78, 5) is 23.4. The Morgan fingerprint density at radius 1 is 1.38 bits per heavy atom. The van der Waals surface area contributed by atoms with Crippen LogP contribution >= 0.6 is 27.3 Å². The first-order valence-corrected chi connectivity index (χ1v) is 7.73. The molecule has 0 aliphatic heterocycles. The molecule has 2 amide bonds. The van der Waals surface area contributed by atoms with Crippen molar-refractivity contribution >= 4 is 44.2 Å². The number of hydrogen-bond acceptors (Lipinski definition) is 6. The van der Waals surface area contributed by atoms with Gasteiger partial charge in [-0.3, -0.25) is 14.9 Å². The van der Waals surface area contributed by atoms with Gasteiger partial charge in [-0.15, -0.1) is 10.2 Å². The summed E-state index contributed by atoms with van der Waals surface area (Å²) >= 11 is 4.41. The van der Waals surface area contributed by atoms with Gasteiger partial charge in [0.25, 0.3) is 5.91 Å². The van der Waals surface area contributed by atoms with E-state index >= 15 is 0 Å². The zero-order valence-electron chi connectivity index (χ0n) is 11.3. The molecule has 2 aromatic rings. The van der Waals surface area contributed by atoms with Crippen LogP contribution in [0.2, 0.25) is 0 Å². The van der Waals surface area contributed by atoms with Gasteiger partial charge in [-0.25, -0.2) is 0 Å². The number of nitrogens with one attached hydrogen (secondary N) is 2. The number of aromatic nitrogens is 2. The summed E-state index contributed by atoms with van der Waals surface area (Å²) in [5, 5.41) is 14.1. The van der Waals surface area contributed by atoms with Crippen molar-refractivity contribution in [1.29, 1.82) is 0 Å². The average Bonchev–Trinajstić information content (AvgIpc) is 3.05. The molecule has 0 atom stereocenters. The van der Waals surface area contributed by atoms with Crippen molar-refractivity contribution < 1.29 is 14.0 Å². The quantitative estimate of drug-likeness (QED) is 0.839. The highest BCUT2D eigenvalue weighted by Crippen LogP contribution is 2.22. The highest BCUT2D eigenvalue weighted by atomic mass is 79.9. The lowest BCUT2D eigenvalue weighted by atomic mass is 10.2. The number of rotatable bonds is 5. The van der Waals surface area contributed by atoms with Crippen LogP contribution in [0.15, 0.2) is 21.2 Å². The van der Waals surface area contributed by atoms with Crippen molar-refractivity contribution in [3.8, 4) is 0 Å². The normalized spacial score (nSPS) is 10.7. The molecular formula is C12H13BrN4O3S. The Morgan fingerprint density at radius 3 is 2.71 bits per heavy atom. The fourth-order valence-corrected chi connectivity index (χ4v) is 2.43. The van der Waals surface area contributed by atoms with Gasteiger partial charge >= 0.3 is 0 Å². The summed E-state index contributed by atoms with van der Waals surface area (Å²) in [6.07, 6.45) is 0. The highest BCUT2D eigenvalue weighted by molar-refractivity contribution is 9.10. The molecule has 9 heteroatoms. The minimum atomic E-state index is -0.462. The lowest BCUT2D eigenvalue weighted by Gasteiger charge is -2.02. The van der Waals surface area contributed by atoms with Crippen LogP contribution in [0.5, 0.6) is 0 Å². The van der Waals surface area contributed by atoms with E-state index in [9.17, 15) is 9.59 Å². The number of amides is 2. The predicted molar refractivity (Wildman–Crippen MR) is 81.4 cm³/mol. The molecule has 0 aliphatic carbocycles. The van der Waals surface area contributed by atoms with Gasteiger partial charge in [0.2, 0.25) is 11.0 Å². The van der Waals surface area contributed by atoms with Crippen LogP contribution in [0.3, 0.4) is 0 Å². The van der Waals surface area contributed by atoms with Crippen LogP contribution < -0.4 is 10.6 Å². The molecule has 0 aromatic carbocycles. The number of furan rings is 1. The molecule has 0 saturated heterocycles. The molecule has 2 rings (SSSR count). The lowest BCUT2D eigenvalue weighted by Crippen LogP contribution is -2.32. The minimum absolute atomic E-state index is 0.132. The summed E-state index contributed by atoms with van der Waals surface area (Å²) in [6, 6.07) is 3.11. The van der Waals surface area contributed by atoms with Crippen molar-refractivity contribution in [2.45, 2.75) is 19.8 Å². The van der Waals surface area contributed by atoms with Gasteiger partial charge in [0, 0.05) is 5.92 Å². The standard InChI is InChI=1S/C12H13BrN4O3S/c1-6(2)11-16-17-12(21-11)15-9(18)5-14-10(19)7-3-4-8(13)20-7/h3-4,6H,5H2,1-2H3,(H,14,19)(H,15,17,18). The molecule has 21 heavy (non-hydrogen) atoms. The van der Waals surface area contributed by atoms with Gasteiger partial charge in [-0.05, 0) is 28.1 Å². The molecule has 0 saturated carbocycles. The van der Waals surface area contributed by atoms with Crippen molar-refractivity contribution in [1.82, 2.24) is 15.5 Å². The van der Waals surface area contributed by atoms with Crippen molar-refractivity contribution in [3.05, 3.63) is 27.6 Å². The Bertz CT molecular complexity index is 652. The molecule has 0 radical (unpaired) electrons. The van der Waals surface area contributed by atoms with Gasteiger partial charge in [-0.1, -0.05) is 25.2 Å². The van der Waals surface area contributed by atoms with E-state index in [1.807, 2.05) is 13.8 Å². The van der Waals surface area contributed by atoms with E-state index in [0.717, 1.165) is 5.01 Å². The largest absolute Gasteiger partial charge is 0.444 e. The zero-order chi connectivity index (χ0) is 15.4. The third-order valence-corrected chi connectivity index (χ3v) is 3.95. The molecule has 112 valence electrons. The van der Waals surface area contributed by atoms with E-state index in [2.05, 4.69) is 36.8 Å². The van der Waals surface area contributed by atoms with Crippen LogP contribution in [-0.4, -0.2) is 28.6 Å². The van der Waals surface area contributed by atoms with E-state index in [1.165, 1.54) is 17.4 Å². The van der Waals surface area contributed by atoms with Gasteiger partial charge in [0.15, 0.2) is 10.4 Å². The second kappa shape index (κ2) is 6.81. The van der Waals surface area contributed by atoms with E-state index in [0.29, 0.717) is 9.80 Å². The number of nitrogens with zero attached hydrogens (tertiary/aromatic N) is 2. The summed E-state index contributed by atoms with van der Waals surface area (Å²) in [5.41, 5.74) is 0. The first-order chi connectivity index (χ1) is 9.95. The van der Waals surface area contributed by atoms with Crippen molar-refractivity contribution in [3.63, 3.8) is 0 Å². The van der Waals surface area contributed by atoms with Crippen LogP contribution in [0, 0.1) is 0 Å². The molecule has 2 aromatic heterocycles. The van der Waals surface area contributed by atoms with Gasteiger partial charge in [0.1, 0.15) is 5.01 Å². The molecular weight excluding hydrogens is 360 g/mol. The topological polar surface area (TPSA) is 97.1 Å². The van der Waals surface area contributed by atoms with Crippen molar-refractivity contribution in [2.75, 3.05) is 11.9 Å². The van der Waals surface area contributed by atoms with Gasteiger partial charge in [-0.2, -0.15) is 0 Å². The second-order valence-corrected chi connectivity index (χ2v) is 6.23.